The first-order valence-electron chi connectivity index (χ1n) is 5.03. The molecular weight excluding hydrogens is 210 g/mol. The van der Waals surface area contributed by atoms with Crippen molar-refractivity contribution < 1.29 is 9.90 Å². The van der Waals surface area contributed by atoms with Crippen molar-refractivity contribution in [2.75, 3.05) is 13.1 Å². The number of nitrogens with zero attached hydrogens (tertiary/aromatic N) is 3. The highest BCUT2D eigenvalue weighted by Crippen LogP contribution is 1.99. The van der Waals surface area contributed by atoms with Crippen molar-refractivity contribution in [3.8, 4) is 0 Å². The summed E-state index contributed by atoms with van der Waals surface area (Å²) in [6.45, 7) is 4.34. The Hall–Kier alpha value is -1.47. The first-order chi connectivity index (χ1) is 7.42. The lowest BCUT2D eigenvalue weighted by atomic mass is 10.1. The van der Waals surface area contributed by atoms with Gasteiger partial charge in [-0.05, 0) is 13.8 Å². The van der Waals surface area contributed by atoms with E-state index in [2.05, 4.69) is 15.6 Å². The van der Waals surface area contributed by atoms with Crippen molar-refractivity contribution in [1.29, 1.82) is 0 Å². The van der Waals surface area contributed by atoms with Crippen molar-refractivity contribution in [3.05, 3.63) is 11.9 Å². The molecule has 0 aliphatic rings. The van der Waals surface area contributed by atoms with Crippen molar-refractivity contribution in [2.45, 2.75) is 26.0 Å². The number of carbonyl (C=O) groups is 1. The Morgan fingerprint density at radius 1 is 1.69 bits per heavy atom. The number of amides is 1. The molecule has 0 aliphatic carbocycles. The Morgan fingerprint density at radius 3 is 2.94 bits per heavy atom. The van der Waals surface area contributed by atoms with Gasteiger partial charge in [0, 0.05) is 13.1 Å². The Balaban J connectivity index is 2.53. The molecule has 1 aromatic rings. The molecule has 16 heavy (non-hydrogen) atoms. The van der Waals surface area contributed by atoms with Gasteiger partial charge in [-0.15, -0.1) is 5.10 Å². The molecule has 0 bridgehead atoms. The third kappa shape index (κ3) is 3.95. The molecule has 90 valence electrons. The standard InChI is InChI=1S/C9H17N5O2/c1-9(2,16)6-11-8(15)7-5-14(4-3-10)13-12-7/h5,16H,3-4,6,10H2,1-2H3,(H,11,15). The van der Waals surface area contributed by atoms with Crippen LogP contribution in [0.1, 0.15) is 24.3 Å². The summed E-state index contributed by atoms with van der Waals surface area (Å²) < 4.78 is 1.50. The van der Waals surface area contributed by atoms with E-state index in [0.717, 1.165) is 0 Å². The van der Waals surface area contributed by atoms with Gasteiger partial charge >= 0.3 is 0 Å². The van der Waals surface area contributed by atoms with E-state index in [9.17, 15) is 9.90 Å². The maximum atomic E-state index is 11.5. The van der Waals surface area contributed by atoms with Crippen molar-refractivity contribution in [2.24, 2.45) is 5.73 Å². The van der Waals surface area contributed by atoms with Gasteiger partial charge in [0.25, 0.3) is 5.91 Å². The average Bonchev–Trinajstić information content (AvgIpc) is 2.62. The van der Waals surface area contributed by atoms with Crippen LogP contribution in [-0.2, 0) is 6.54 Å². The monoisotopic (exact) mass is 227 g/mol. The Labute approximate surface area is 93.6 Å². The summed E-state index contributed by atoms with van der Waals surface area (Å²) in [6, 6.07) is 0. The molecule has 1 amide bonds. The molecule has 0 saturated heterocycles. The average molecular weight is 227 g/mol. The fourth-order valence-electron chi connectivity index (χ4n) is 1.03. The molecule has 0 aromatic carbocycles. The maximum absolute atomic E-state index is 11.5. The lowest BCUT2D eigenvalue weighted by Crippen LogP contribution is -2.38. The molecular formula is C9H17N5O2. The van der Waals surface area contributed by atoms with Crippen LogP contribution >= 0.6 is 0 Å². The molecule has 0 saturated carbocycles. The van der Waals surface area contributed by atoms with Crippen LogP contribution < -0.4 is 11.1 Å². The number of hydrogen-bond donors (Lipinski definition) is 3. The number of nitrogens with one attached hydrogen (secondary N) is 1. The fourth-order valence-corrected chi connectivity index (χ4v) is 1.03. The van der Waals surface area contributed by atoms with Crippen LogP contribution in [0.25, 0.3) is 0 Å². The summed E-state index contributed by atoms with van der Waals surface area (Å²) >= 11 is 0. The van der Waals surface area contributed by atoms with Gasteiger partial charge < -0.3 is 16.2 Å². The summed E-state index contributed by atoms with van der Waals surface area (Å²) in [4.78, 5) is 11.5. The normalized spacial score (nSPS) is 11.5. The van der Waals surface area contributed by atoms with Gasteiger partial charge in [-0.25, -0.2) is 0 Å². The van der Waals surface area contributed by atoms with E-state index in [0.29, 0.717) is 13.1 Å². The predicted molar refractivity (Wildman–Crippen MR) is 57.7 cm³/mol. The van der Waals surface area contributed by atoms with Crippen molar-refractivity contribution >= 4 is 5.91 Å². The molecule has 7 heteroatoms. The third-order valence-corrected chi connectivity index (χ3v) is 1.81. The smallest absolute Gasteiger partial charge is 0.273 e. The Morgan fingerprint density at radius 2 is 2.38 bits per heavy atom. The number of hydrogen-bond acceptors (Lipinski definition) is 5. The van der Waals surface area contributed by atoms with E-state index < -0.39 is 5.60 Å². The number of rotatable bonds is 5. The second-order valence-corrected chi connectivity index (χ2v) is 4.15. The molecule has 1 aromatic heterocycles. The van der Waals surface area contributed by atoms with Gasteiger partial charge in [-0.1, -0.05) is 5.21 Å². The van der Waals surface area contributed by atoms with Crippen LogP contribution in [0, 0.1) is 0 Å². The molecule has 4 N–H and O–H groups in total. The van der Waals surface area contributed by atoms with Crippen LogP contribution in [0.3, 0.4) is 0 Å². The number of carbonyl (C=O) groups excluding carboxylic acids is 1. The molecule has 1 rings (SSSR count). The van der Waals surface area contributed by atoms with Gasteiger partial charge in [0.15, 0.2) is 5.69 Å². The summed E-state index contributed by atoms with van der Waals surface area (Å²) in [6.07, 6.45) is 1.52. The third-order valence-electron chi connectivity index (χ3n) is 1.81. The second-order valence-electron chi connectivity index (χ2n) is 4.15. The topological polar surface area (TPSA) is 106 Å². The summed E-state index contributed by atoms with van der Waals surface area (Å²) in [5.74, 6) is -0.356. The highest BCUT2D eigenvalue weighted by Gasteiger charge is 2.16. The molecule has 7 nitrogen and oxygen atoms in total. The van der Waals surface area contributed by atoms with Gasteiger partial charge in [0.05, 0.1) is 18.3 Å². The fraction of sp³-hybridized carbons (Fsp3) is 0.667. The first-order valence-corrected chi connectivity index (χ1v) is 5.03. The Kier molecular flexibility index (Phi) is 3.97. The molecule has 1 heterocycles. The zero-order valence-electron chi connectivity index (χ0n) is 9.47. The van der Waals surface area contributed by atoms with Gasteiger partial charge in [-0.3, -0.25) is 9.48 Å². The van der Waals surface area contributed by atoms with Gasteiger partial charge in [0.2, 0.25) is 0 Å². The van der Waals surface area contributed by atoms with E-state index >= 15 is 0 Å². The number of aromatic nitrogens is 3. The zero-order chi connectivity index (χ0) is 12.2. The van der Waals surface area contributed by atoms with E-state index in [1.165, 1.54) is 10.9 Å². The minimum absolute atomic E-state index is 0.162. The molecule has 0 unspecified atom stereocenters. The lowest BCUT2D eigenvalue weighted by molar-refractivity contribution is 0.0692. The van der Waals surface area contributed by atoms with Crippen LogP contribution in [0.5, 0.6) is 0 Å². The van der Waals surface area contributed by atoms with Crippen LogP contribution in [0.4, 0.5) is 0 Å². The van der Waals surface area contributed by atoms with Crippen LogP contribution in [-0.4, -0.2) is 44.7 Å². The summed E-state index contributed by atoms with van der Waals surface area (Å²) in [7, 11) is 0. The first kappa shape index (κ1) is 12.6. The zero-order valence-corrected chi connectivity index (χ0v) is 9.47. The highest BCUT2D eigenvalue weighted by molar-refractivity contribution is 5.91. The molecule has 0 spiro atoms. The van der Waals surface area contributed by atoms with Gasteiger partial charge in [-0.2, -0.15) is 0 Å². The van der Waals surface area contributed by atoms with Crippen molar-refractivity contribution in [1.82, 2.24) is 20.3 Å². The Bertz CT molecular complexity index is 355. The minimum atomic E-state index is -0.942. The van der Waals surface area contributed by atoms with E-state index in [-0.39, 0.29) is 18.1 Å². The highest BCUT2D eigenvalue weighted by atomic mass is 16.3. The van der Waals surface area contributed by atoms with Crippen LogP contribution in [0.2, 0.25) is 0 Å². The molecule has 0 aliphatic heterocycles. The molecule has 0 atom stereocenters. The van der Waals surface area contributed by atoms with Crippen molar-refractivity contribution in [3.63, 3.8) is 0 Å². The molecule has 0 fully saturated rings. The SMILES string of the molecule is CC(C)(O)CNC(=O)c1cn(CCN)nn1. The number of aliphatic hydroxyl groups is 1. The van der Waals surface area contributed by atoms with Gasteiger partial charge in [0.1, 0.15) is 0 Å². The summed E-state index contributed by atoms with van der Waals surface area (Å²) in [5, 5.41) is 19.4. The van der Waals surface area contributed by atoms with E-state index in [1.54, 1.807) is 13.8 Å². The summed E-state index contributed by atoms with van der Waals surface area (Å²) in [5.41, 5.74) is 4.62. The maximum Gasteiger partial charge on any atom is 0.273 e. The van der Waals surface area contributed by atoms with E-state index in [4.69, 9.17) is 5.73 Å². The quantitative estimate of drug-likeness (QED) is 0.582. The van der Waals surface area contributed by atoms with E-state index in [1.807, 2.05) is 0 Å². The predicted octanol–water partition coefficient (Wildman–Crippen LogP) is -1.26. The minimum Gasteiger partial charge on any atom is -0.389 e. The largest absolute Gasteiger partial charge is 0.389 e. The van der Waals surface area contributed by atoms with Crippen LogP contribution in [0.15, 0.2) is 6.20 Å². The number of nitrogens with two attached hydrogens (primary N) is 1. The second kappa shape index (κ2) is 5.04. The lowest BCUT2D eigenvalue weighted by Gasteiger charge is -2.16. The molecule has 0 radical (unpaired) electrons.